The monoisotopic (exact) mass is 558 g/mol. The standard InChI is InChI=1S/C32H38N4O5/c1-37-29-5-3-2-4-26(29)28-23-34-32-27(28)20-25(22-33-32)24-6-7-30(40-18-12-35-8-14-38-15-9-35)31(21-24)41-19-13-36-10-16-39-17-11-36/h2-7,20-23H,8-19H2,1H3,(H,33,34). The van der Waals surface area contributed by atoms with Gasteiger partial charge in [0.15, 0.2) is 11.5 Å². The van der Waals surface area contributed by atoms with Crippen LogP contribution in [0.3, 0.4) is 0 Å². The Hall–Kier alpha value is -3.63. The van der Waals surface area contributed by atoms with E-state index in [1.807, 2.05) is 36.7 Å². The van der Waals surface area contributed by atoms with Gasteiger partial charge in [-0.2, -0.15) is 0 Å². The van der Waals surface area contributed by atoms with E-state index in [1.165, 1.54) is 0 Å². The van der Waals surface area contributed by atoms with E-state index in [1.54, 1.807) is 7.11 Å². The summed E-state index contributed by atoms with van der Waals surface area (Å²) in [5.74, 6) is 2.33. The average molecular weight is 559 g/mol. The van der Waals surface area contributed by atoms with Crippen LogP contribution < -0.4 is 14.2 Å². The molecule has 4 aromatic rings. The van der Waals surface area contributed by atoms with Gasteiger partial charge in [0.1, 0.15) is 24.6 Å². The van der Waals surface area contributed by atoms with E-state index >= 15 is 0 Å². The van der Waals surface area contributed by atoms with Gasteiger partial charge in [-0.1, -0.05) is 24.3 Å². The number of nitrogens with one attached hydrogen (secondary N) is 1. The molecule has 2 fully saturated rings. The highest BCUT2D eigenvalue weighted by molar-refractivity contribution is 5.97. The van der Waals surface area contributed by atoms with Crippen molar-refractivity contribution in [1.82, 2.24) is 19.8 Å². The van der Waals surface area contributed by atoms with Crippen LogP contribution >= 0.6 is 0 Å². The Morgan fingerprint density at radius 1 is 0.756 bits per heavy atom. The second-order valence-corrected chi connectivity index (χ2v) is 10.3. The number of rotatable bonds is 11. The van der Waals surface area contributed by atoms with Gasteiger partial charge in [-0.15, -0.1) is 0 Å². The quantitative estimate of drug-likeness (QED) is 0.292. The first-order valence-corrected chi connectivity index (χ1v) is 14.4. The van der Waals surface area contributed by atoms with Gasteiger partial charge in [0, 0.05) is 73.7 Å². The van der Waals surface area contributed by atoms with E-state index in [0.29, 0.717) is 13.2 Å². The molecular weight excluding hydrogens is 520 g/mol. The van der Waals surface area contributed by atoms with Crippen LogP contribution in [0.2, 0.25) is 0 Å². The smallest absolute Gasteiger partial charge is 0.161 e. The number of aromatic amines is 1. The lowest BCUT2D eigenvalue weighted by atomic mass is 10.0. The lowest BCUT2D eigenvalue weighted by molar-refractivity contribution is 0.0305. The third-order valence-electron chi connectivity index (χ3n) is 7.74. The minimum Gasteiger partial charge on any atom is -0.496 e. The highest BCUT2D eigenvalue weighted by Crippen LogP contribution is 2.37. The van der Waals surface area contributed by atoms with E-state index in [-0.39, 0.29) is 0 Å². The highest BCUT2D eigenvalue weighted by atomic mass is 16.5. The minimum absolute atomic E-state index is 0.580. The zero-order valence-electron chi connectivity index (χ0n) is 23.6. The summed E-state index contributed by atoms with van der Waals surface area (Å²) in [4.78, 5) is 12.8. The van der Waals surface area contributed by atoms with Crippen molar-refractivity contribution in [3.8, 4) is 39.5 Å². The molecule has 4 heterocycles. The molecule has 0 atom stereocenters. The molecule has 0 spiro atoms. The Bertz CT molecular complexity index is 1430. The predicted molar refractivity (Wildman–Crippen MR) is 159 cm³/mol. The fraction of sp³-hybridized carbons (Fsp3) is 0.406. The van der Waals surface area contributed by atoms with Gasteiger partial charge in [0.2, 0.25) is 0 Å². The zero-order chi connectivity index (χ0) is 27.9. The van der Waals surface area contributed by atoms with Gasteiger partial charge >= 0.3 is 0 Å². The fourth-order valence-electron chi connectivity index (χ4n) is 5.39. The van der Waals surface area contributed by atoms with Gasteiger partial charge < -0.3 is 28.7 Å². The van der Waals surface area contributed by atoms with Crippen LogP contribution in [-0.2, 0) is 9.47 Å². The van der Waals surface area contributed by atoms with Crippen molar-refractivity contribution < 1.29 is 23.7 Å². The SMILES string of the molecule is COc1ccccc1-c1c[nH]c2ncc(-c3ccc(OCCN4CCOCC4)c(OCCN4CCOCC4)c3)cc12. The normalized spacial score (nSPS) is 16.6. The van der Waals surface area contributed by atoms with Crippen molar-refractivity contribution in [3.05, 3.63) is 60.9 Å². The van der Waals surface area contributed by atoms with Crippen molar-refractivity contribution in [2.75, 3.05) is 86.0 Å². The summed E-state index contributed by atoms with van der Waals surface area (Å²) in [7, 11) is 1.70. The molecule has 9 heteroatoms. The molecule has 41 heavy (non-hydrogen) atoms. The second kappa shape index (κ2) is 13.4. The summed E-state index contributed by atoms with van der Waals surface area (Å²) in [6.45, 7) is 9.74. The number of nitrogens with zero attached hydrogens (tertiary/aromatic N) is 3. The van der Waals surface area contributed by atoms with E-state index in [4.69, 9.17) is 28.7 Å². The van der Waals surface area contributed by atoms with Crippen molar-refractivity contribution in [2.45, 2.75) is 0 Å². The molecule has 2 saturated heterocycles. The first-order chi connectivity index (χ1) is 20.3. The van der Waals surface area contributed by atoms with Crippen LogP contribution in [0.25, 0.3) is 33.3 Å². The van der Waals surface area contributed by atoms with E-state index in [9.17, 15) is 0 Å². The predicted octanol–water partition coefficient (Wildman–Crippen LogP) is 4.33. The van der Waals surface area contributed by atoms with E-state index < -0.39 is 0 Å². The lowest BCUT2D eigenvalue weighted by Crippen LogP contribution is -2.39. The summed E-state index contributed by atoms with van der Waals surface area (Å²) in [5.41, 5.74) is 4.94. The molecule has 1 N–H and O–H groups in total. The molecule has 6 rings (SSSR count). The number of methoxy groups -OCH3 is 1. The lowest BCUT2D eigenvalue weighted by Gasteiger charge is -2.27. The molecular formula is C32H38N4O5. The third-order valence-corrected chi connectivity index (χ3v) is 7.74. The molecule has 2 aromatic heterocycles. The van der Waals surface area contributed by atoms with E-state index in [0.717, 1.165) is 116 Å². The number of para-hydroxylation sites is 1. The molecule has 0 bridgehead atoms. The number of hydrogen-bond donors (Lipinski definition) is 1. The molecule has 2 aliphatic rings. The maximum Gasteiger partial charge on any atom is 0.161 e. The van der Waals surface area contributed by atoms with Gasteiger partial charge in [-0.25, -0.2) is 4.98 Å². The molecule has 0 radical (unpaired) electrons. The Kier molecular flexibility index (Phi) is 8.97. The van der Waals surface area contributed by atoms with Gasteiger partial charge in [0.05, 0.1) is 33.5 Å². The minimum atomic E-state index is 0.580. The number of H-pyrrole nitrogens is 1. The Morgan fingerprint density at radius 3 is 2.15 bits per heavy atom. The van der Waals surface area contributed by atoms with Crippen LogP contribution in [-0.4, -0.2) is 106 Å². The summed E-state index contributed by atoms with van der Waals surface area (Å²) >= 11 is 0. The molecule has 0 saturated carbocycles. The molecule has 0 unspecified atom stereocenters. The number of ether oxygens (including phenoxy) is 5. The maximum absolute atomic E-state index is 6.36. The molecule has 2 aromatic carbocycles. The summed E-state index contributed by atoms with van der Waals surface area (Å²) in [6.07, 6.45) is 3.89. The highest BCUT2D eigenvalue weighted by Gasteiger charge is 2.16. The molecule has 0 amide bonds. The molecule has 2 aliphatic heterocycles. The van der Waals surface area contributed by atoms with Crippen molar-refractivity contribution in [2.24, 2.45) is 0 Å². The number of benzene rings is 2. The number of fused-ring (bicyclic) bond motifs is 1. The van der Waals surface area contributed by atoms with Crippen molar-refractivity contribution in [1.29, 1.82) is 0 Å². The second-order valence-electron chi connectivity index (χ2n) is 10.3. The Morgan fingerprint density at radius 2 is 1.44 bits per heavy atom. The van der Waals surface area contributed by atoms with Crippen LogP contribution in [0, 0.1) is 0 Å². The maximum atomic E-state index is 6.36. The summed E-state index contributed by atoms with van der Waals surface area (Å²) in [5, 5.41) is 1.03. The van der Waals surface area contributed by atoms with Gasteiger partial charge in [-0.05, 0) is 29.8 Å². The van der Waals surface area contributed by atoms with Crippen molar-refractivity contribution >= 4 is 11.0 Å². The number of pyridine rings is 1. The fourth-order valence-corrected chi connectivity index (χ4v) is 5.39. The van der Waals surface area contributed by atoms with Crippen LogP contribution in [0.4, 0.5) is 0 Å². The molecule has 0 aliphatic carbocycles. The topological polar surface area (TPSA) is 81.3 Å². The number of aromatic nitrogens is 2. The van der Waals surface area contributed by atoms with E-state index in [2.05, 4.69) is 39.0 Å². The van der Waals surface area contributed by atoms with Crippen LogP contribution in [0.5, 0.6) is 17.2 Å². The van der Waals surface area contributed by atoms with Gasteiger partial charge in [0.25, 0.3) is 0 Å². The van der Waals surface area contributed by atoms with Crippen LogP contribution in [0.1, 0.15) is 0 Å². The number of morpholine rings is 2. The summed E-state index contributed by atoms with van der Waals surface area (Å²) < 4.78 is 29.2. The molecule has 216 valence electrons. The first-order valence-electron chi connectivity index (χ1n) is 14.4. The zero-order valence-corrected chi connectivity index (χ0v) is 23.6. The Labute approximate surface area is 240 Å². The third kappa shape index (κ3) is 6.65. The largest absolute Gasteiger partial charge is 0.496 e. The molecule has 9 nitrogen and oxygen atoms in total. The van der Waals surface area contributed by atoms with Crippen LogP contribution in [0.15, 0.2) is 60.9 Å². The number of hydrogen-bond acceptors (Lipinski definition) is 8. The van der Waals surface area contributed by atoms with Crippen molar-refractivity contribution in [3.63, 3.8) is 0 Å². The Balaban J connectivity index is 1.24. The first kappa shape index (κ1) is 27.5. The summed E-state index contributed by atoms with van der Waals surface area (Å²) in [6, 6.07) is 16.4. The average Bonchev–Trinajstić information content (AvgIpc) is 3.46. The van der Waals surface area contributed by atoms with Gasteiger partial charge in [-0.3, -0.25) is 9.80 Å².